The van der Waals surface area contributed by atoms with E-state index in [0.717, 1.165) is 11.8 Å². The molecule has 4 heterocycles. The lowest BCUT2D eigenvalue weighted by Crippen LogP contribution is -2.23. The number of ether oxygens (including phenoxy) is 1. The third kappa shape index (κ3) is 4.55. The minimum absolute atomic E-state index is 0.0483. The van der Waals surface area contributed by atoms with E-state index in [4.69, 9.17) is 16.3 Å². The number of hydrogen-bond donors (Lipinski definition) is 1. The summed E-state index contributed by atoms with van der Waals surface area (Å²) in [5, 5.41) is 14.4. The molecule has 4 aromatic heterocycles. The number of halogens is 2. The van der Waals surface area contributed by atoms with Gasteiger partial charge in [0.2, 0.25) is 0 Å². The van der Waals surface area contributed by atoms with Gasteiger partial charge in [0, 0.05) is 30.2 Å². The first-order valence-electron chi connectivity index (χ1n) is 10.3. The Morgan fingerprint density at radius 2 is 1.97 bits per heavy atom. The Labute approximate surface area is 199 Å². The number of hydrogen-bond acceptors (Lipinski definition) is 7. The molecule has 11 heteroatoms. The zero-order valence-corrected chi connectivity index (χ0v) is 19.7. The van der Waals surface area contributed by atoms with Gasteiger partial charge in [0.1, 0.15) is 35.0 Å². The molecule has 0 saturated heterocycles. The van der Waals surface area contributed by atoms with Crippen LogP contribution in [0.15, 0.2) is 47.9 Å². The minimum atomic E-state index is -1.11. The van der Waals surface area contributed by atoms with Crippen molar-refractivity contribution in [2.45, 2.75) is 39.9 Å². The largest absolute Gasteiger partial charge is 0.485 e. The summed E-state index contributed by atoms with van der Waals surface area (Å²) >= 11 is 6.34. The molecule has 4 rings (SSSR count). The molecule has 4 aromatic rings. The highest BCUT2D eigenvalue weighted by atomic mass is 35.5. The predicted octanol–water partition coefficient (Wildman–Crippen LogP) is 3.42. The average molecular weight is 485 g/mol. The summed E-state index contributed by atoms with van der Waals surface area (Å²) in [6, 6.07) is 5.00. The zero-order chi connectivity index (χ0) is 24.6. The number of aryl methyl sites for hydroxylation is 2. The lowest BCUT2D eigenvalue weighted by Gasteiger charge is -2.17. The van der Waals surface area contributed by atoms with E-state index in [1.165, 1.54) is 15.6 Å². The van der Waals surface area contributed by atoms with E-state index in [1.807, 2.05) is 6.92 Å². The first kappa shape index (κ1) is 23.5. The zero-order valence-electron chi connectivity index (χ0n) is 19.0. The van der Waals surface area contributed by atoms with E-state index < -0.39 is 17.0 Å². The van der Waals surface area contributed by atoms with Gasteiger partial charge in [-0.2, -0.15) is 5.10 Å². The molecule has 0 fully saturated rings. The van der Waals surface area contributed by atoms with Crippen LogP contribution in [0.3, 0.4) is 0 Å². The van der Waals surface area contributed by atoms with Gasteiger partial charge in [-0.3, -0.25) is 9.36 Å². The molecule has 0 aliphatic rings. The molecule has 9 nitrogen and oxygen atoms in total. The summed E-state index contributed by atoms with van der Waals surface area (Å²) in [5.74, 6) is -0.0414. The molecular weight excluding hydrogens is 463 g/mol. The minimum Gasteiger partial charge on any atom is -0.485 e. The van der Waals surface area contributed by atoms with Gasteiger partial charge >= 0.3 is 0 Å². The Balaban J connectivity index is 1.71. The van der Waals surface area contributed by atoms with Crippen molar-refractivity contribution in [3.8, 4) is 17.3 Å². The maximum atomic E-state index is 13.8. The molecule has 0 bridgehead atoms. The van der Waals surface area contributed by atoms with Gasteiger partial charge in [-0.1, -0.05) is 11.6 Å². The van der Waals surface area contributed by atoms with Crippen molar-refractivity contribution < 1.29 is 14.2 Å². The fourth-order valence-corrected chi connectivity index (χ4v) is 3.52. The van der Waals surface area contributed by atoms with Gasteiger partial charge in [-0.05, 0) is 39.3 Å². The van der Waals surface area contributed by atoms with Gasteiger partial charge in [-0.25, -0.2) is 24.0 Å². The van der Waals surface area contributed by atoms with E-state index in [-0.39, 0.29) is 23.1 Å². The van der Waals surface area contributed by atoms with Crippen LogP contribution in [-0.4, -0.2) is 34.4 Å². The van der Waals surface area contributed by atoms with Crippen LogP contribution in [0, 0.1) is 19.7 Å². The SMILES string of the molecule is Cc1cnc(-n2ccc(C(C)(C)O)n2)cc1-n1c(C)cc(OCc2ncncc2F)c(Cl)c1=O. The number of pyridine rings is 2. The Bertz CT molecular complexity index is 1430. The summed E-state index contributed by atoms with van der Waals surface area (Å²) in [6.07, 6.45) is 5.55. The number of rotatable bonds is 6. The van der Waals surface area contributed by atoms with E-state index >= 15 is 0 Å². The molecule has 34 heavy (non-hydrogen) atoms. The Morgan fingerprint density at radius 3 is 2.65 bits per heavy atom. The molecule has 0 atom stereocenters. The molecular formula is C23H22ClFN6O3. The molecule has 1 N–H and O–H groups in total. The van der Waals surface area contributed by atoms with Crippen LogP contribution in [-0.2, 0) is 12.2 Å². The maximum absolute atomic E-state index is 13.8. The van der Waals surface area contributed by atoms with Gasteiger partial charge in [0.15, 0.2) is 11.6 Å². The molecule has 0 spiro atoms. The van der Waals surface area contributed by atoms with E-state index in [9.17, 15) is 14.3 Å². The van der Waals surface area contributed by atoms with Crippen molar-refractivity contribution in [1.82, 2.24) is 29.3 Å². The topological polar surface area (TPSA) is 108 Å². The highest BCUT2D eigenvalue weighted by Crippen LogP contribution is 2.26. The van der Waals surface area contributed by atoms with Crippen LogP contribution in [0.5, 0.6) is 5.75 Å². The summed E-state index contributed by atoms with van der Waals surface area (Å²) in [6.45, 7) is 6.62. The monoisotopic (exact) mass is 484 g/mol. The molecule has 0 aliphatic heterocycles. The van der Waals surface area contributed by atoms with Crippen molar-refractivity contribution in [3.63, 3.8) is 0 Å². The Hall–Kier alpha value is -3.63. The fraction of sp³-hybridized carbons (Fsp3) is 0.261. The van der Waals surface area contributed by atoms with Crippen molar-refractivity contribution >= 4 is 11.6 Å². The normalized spacial score (nSPS) is 11.6. The second kappa shape index (κ2) is 8.96. The van der Waals surface area contributed by atoms with Crippen molar-refractivity contribution in [3.05, 3.63) is 87.0 Å². The predicted molar refractivity (Wildman–Crippen MR) is 123 cm³/mol. The molecule has 0 radical (unpaired) electrons. The second-order valence-electron chi connectivity index (χ2n) is 8.24. The van der Waals surface area contributed by atoms with Crippen LogP contribution in [0.1, 0.15) is 36.5 Å². The third-order valence-corrected chi connectivity index (χ3v) is 5.51. The van der Waals surface area contributed by atoms with E-state index in [2.05, 4.69) is 20.1 Å². The third-order valence-electron chi connectivity index (χ3n) is 5.16. The standard InChI is InChI=1S/C23H22ClFN6O3/c1-13-9-27-20(30-6-5-19(29-30)23(3,4)33)8-17(13)31-14(2)7-18(21(24)22(31)32)34-11-16-15(25)10-26-12-28-16/h5-10,12,33H,11H2,1-4H3. The molecule has 176 valence electrons. The first-order chi connectivity index (χ1) is 16.1. The summed E-state index contributed by atoms with van der Waals surface area (Å²) in [7, 11) is 0. The van der Waals surface area contributed by atoms with Crippen LogP contribution in [0.25, 0.3) is 11.5 Å². The lowest BCUT2D eigenvalue weighted by atomic mass is 10.1. The molecule has 0 saturated carbocycles. The molecule has 0 aliphatic carbocycles. The summed E-state index contributed by atoms with van der Waals surface area (Å²) in [4.78, 5) is 25.0. The number of aliphatic hydroxyl groups is 1. The average Bonchev–Trinajstić information content (AvgIpc) is 3.28. The van der Waals surface area contributed by atoms with E-state index in [0.29, 0.717) is 22.9 Å². The van der Waals surface area contributed by atoms with Gasteiger partial charge in [-0.15, -0.1) is 0 Å². The summed E-state index contributed by atoms with van der Waals surface area (Å²) in [5.41, 5.74) is 0.758. The quantitative estimate of drug-likeness (QED) is 0.446. The van der Waals surface area contributed by atoms with Crippen LogP contribution >= 0.6 is 11.6 Å². The van der Waals surface area contributed by atoms with Crippen molar-refractivity contribution in [2.24, 2.45) is 0 Å². The highest BCUT2D eigenvalue weighted by molar-refractivity contribution is 6.31. The second-order valence-corrected chi connectivity index (χ2v) is 8.62. The van der Waals surface area contributed by atoms with Gasteiger partial charge < -0.3 is 9.84 Å². The fourth-order valence-electron chi connectivity index (χ4n) is 3.32. The van der Waals surface area contributed by atoms with Crippen molar-refractivity contribution in [2.75, 3.05) is 0 Å². The Morgan fingerprint density at radius 1 is 1.21 bits per heavy atom. The summed E-state index contributed by atoms with van der Waals surface area (Å²) < 4.78 is 22.3. The highest BCUT2D eigenvalue weighted by Gasteiger charge is 2.21. The Kier molecular flexibility index (Phi) is 6.20. The van der Waals surface area contributed by atoms with Crippen LogP contribution in [0.2, 0.25) is 5.02 Å². The van der Waals surface area contributed by atoms with Crippen LogP contribution < -0.4 is 10.3 Å². The molecule has 0 amide bonds. The molecule has 0 aromatic carbocycles. The molecule has 0 unspecified atom stereocenters. The van der Waals surface area contributed by atoms with Gasteiger partial charge in [0.05, 0.1) is 17.6 Å². The smallest absolute Gasteiger partial charge is 0.277 e. The van der Waals surface area contributed by atoms with Crippen LogP contribution in [0.4, 0.5) is 4.39 Å². The maximum Gasteiger partial charge on any atom is 0.277 e. The van der Waals surface area contributed by atoms with E-state index in [1.54, 1.807) is 51.4 Å². The lowest BCUT2D eigenvalue weighted by molar-refractivity contribution is 0.0734. The van der Waals surface area contributed by atoms with Crippen molar-refractivity contribution in [1.29, 1.82) is 0 Å². The van der Waals surface area contributed by atoms with Gasteiger partial charge in [0.25, 0.3) is 5.56 Å². The first-order valence-corrected chi connectivity index (χ1v) is 10.7. The number of aromatic nitrogens is 6. The number of nitrogens with zero attached hydrogens (tertiary/aromatic N) is 6.